The second-order valence-electron chi connectivity index (χ2n) is 3.23. The van der Waals surface area contributed by atoms with Crippen LogP contribution in [0.25, 0.3) is 0 Å². The van der Waals surface area contributed by atoms with Crippen LogP contribution in [0, 0.1) is 5.82 Å². The van der Waals surface area contributed by atoms with Crippen molar-refractivity contribution in [3.05, 3.63) is 45.2 Å². The molecule has 1 heterocycles. The van der Waals surface area contributed by atoms with Crippen LogP contribution >= 0.6 is 31.9 Å². The largest absolute Gasteiger partial charge is 0.437 e. The van der Waals surface area contributed by atoms with Crippen LogP contribution in [0.2, 0.25) is 0 Å². The molecule has 1 aromatic heterocycles. The average Bonchev–Trinajstić information content (AvgIpc) is 2.27. The predicted octanol–water partition coefficient (Wildman–Crippen LogP) is 4.12. The molecule has 0 saturated heterocycles. The SMILES string of the molecule is Nc1cc(Br)cnc1Oc1ccc(F)c(Br)c1. The van der Waals surface area contributed by atoms with Gasteiger partial charge in [-0.2, -0.15) is 0 Å². The molecule has 17 heavy (non-hydrogen) atoms. The molecule has 0 aliphatic carbocycles. The molecule has 0 aliphatic rings. The van der Waals surface area contributed by atoms with E-state index in [9.17, 15) is 4.39 Å². The van der Waals surface area contributed by atoms with Crippen molar-refractivity contribution in [3.8, 4) is 11.6 Å². The van der Waals surface area contributed by atoms with Crippen molar-refractivity contribution in [2.45, 2.75) is 0 Å². The lowest BCUT2D eigenvalue weighted by molar-refractivity contribution is 0.463. The number of benzene rings is 1. The summed E-state index contributed by atoms with van der Waals surface area (Å²) in [7, 11) is 0. The normalized spacial score (nSPS) is 10.3. The Bertz CT molecular complexity index is 563. The minimum Gasteiger partial charge on any atom is -0.437 e. The molecule has 0 saturated carbocycles. The molecule has 3 nitrogen and oxygen atoms in total. The first-order valence-electron chi connectivity index (χ1n) is 4.60. The molecule has 0 amide bonds. The predicted molar refractivity (Wildman–Crippen MR) is 70.5 cm³/mol. The van der Waals surface area contributed by atoms with Crippen molar-refractivity contribution in [2.24, 2.45) is 0 Å². The summed E-state index contributed by atoms with van der Waals surface area (Å²) in [5, 5.41) is 0. The van der Waals surface area contributed by atoms with Gasteiger partial charge in [0, 0.05) is 10.7 Å². The number of halogens is 3. The molecule has 0 fully saturated rings. The van der Waals surface area contributed by atoms with Gasteiger partial charge in [-0.05, 0) is 56.1 Å². The maximum Gasteiger partial charge on any atom is 0.242 e. The summed E-state index contributed by atoms with van der Waals surface area (Å²) in [6, 6.07) is 6.00. The summed E-state index contributed by atoms with van der Waals surface area (Å²) in [6.45, 7) is 0. The molecule has 0 radical (unpaired) electrons. The highest BCUT2D eigenvalue weighted by Gasteiger charge is 2.06. The zero-order chi connectivity index (χ0) is 12.4. The van der Waals surface area contributed by atoms with Crippen LogP contribution in [0.3, 0.4) is 0 Å². The van der Waals surface area contributed by atoms with Gasteiger partial charge < -0.3 is 10.5 Å². The molecule has 0 aliphatic heterocycles. The molecule has 6 heteroatoms. The Morgan fingerprint density at radius 3 is 2.65 bits per heavy atom. The second kappa shape index (κ2) is 5.01. The third-order valence-electron chi connectivity index (χ3n) is 1.95. The van der Waals surface area contributed by atoms with Crippen LogP contribution in [0.15, 0.2) is 39.4 Å². The summed E-state index contributed by atoms with van der Waals surface area (Å²) >= 11 is 6.32. The summed E-state index contributed by atoms with van der Waals surface area (Å²) in [6.07, 6.45) is 1.57. The Labute approximate surface area is 114 Å². The number of pyridine rings is 1. The van der Waals surface area contributed by atoms with Gasteiger partial charge in [-0.25, -0.2) is 9.37 Å². The number of rotatable bonds is 2. The van der Waals surface area contributed by atoms with Gasteiger partial charge in [-0.1, -0.05) is 0 Å². The van der Waals surface area contributed by atoms with E-state index in [0.717, 1.165) is 4.47 Å². The lowest BCUT2D eigenvalue weighted by Gasteiger charge is -2.07. The first-order valence-corrected chi connectivity index (χ1v) is 6.19. The summed E-state index contributed by atoms with van der Waals surface area (Å²) < 4.78 is 19.6. The molecule has 0 unspecified atom stereocenters. The maximum absolute atomic E-state index is 13.0. The zero-order valence-corrected chi connectivity index (χ0v) is 11.6. The molecule has 0 bridgehead atoms. The Balaban J connectivity index is 2.28. The zero-order valence-electron chi connectivity index (χ0n) is 8.45. The van der Waals surface area contributed by atoms with Crippen LogP contribution in [0.5, 0.6) is 11.6 Å². The Morgan fingerprint density at radius 2 is 2.00 bits per heavy atom. The van der Waals surface area contributed by atoms with Crippen molar-refractivity contribution < 1.29 is 9.13 Å². The van der Waals surface area contributed by atoms with Crippen LogP contribution < -0.4 is 10.5 Å². The van der Waals surface area contributed by atoms with E-state index in [-0.39, 0.29) is 11.7 Å². The topological polar surface area (TPSA) is 48.1 Å². The highest BCUT2D eigenvalue weighted by molar-refractivity contribution is 9.10. The first-order chi connectivity index (χ1) is 8.06. The summed E-state index contributed by atoms with van der Waals surface area (Å²) in [5.74, 6) is 0.389. The molecule has 1 aromatic carbocycles. The summed E-state index contributed by atoms with van der Waals surface area (Å²) in [5.41, 5.74) is 6.14. The van der Waals surface area contributed by atoms with Crippen molar-refractivity contribution in [3.63, 3.8) is 0 Å². The Morgan fingerprint density at radius 1 is 1.24 bits per heavy atom. The van der Waals surface area contributed by atoms with E-state index in [4.69, 9.17) is 10.5 Å². The fourth-order valence-electron chi connectivity index (χ4n) is 1.18. The van der Waals surface area contributed by atoms with E-state index in [1.54, 1.807) is 12.3 Å². The third-order valence-corrected chi connectivity index (χ3v) is 2.99. The number of hydrogen-bond acceptors (Lipinski definition) is 3. The van der Waals surface area contributed by atoms with Crippen molar-refractivity contribution >= 4 is 37.5 Å². The monoisotopic (exact) mass is 360 g/mol. The number of aromatic nitrogens is 1. The minimum absolute atomic E-state index is 0.284. The number of nitrogens with zero attached hydrogens (tertiary/aromatic N) is 1. The molecule has 2 N–H and O–H groups in total. The third kappa shape index (κ3) is 2.95. The Kier molecular flexibility index (Phi) is 3.63. The molecule has 88 valence electrons. The number of nitrogen functional groups attached to an aromatic ring is 1. The first kappa shape index (κ1) is 12.3. The van der Waals surface area contributed by atoms with Gasteiger partial charge in [-0.15, -0.1) is 0 Å². The van der Waals surface area contributed by atoms with Gasteiger partial charge in [0.25, 0.3) is 0 Å². The van der Waals surface area contributed by atoms with E-state index < -0.39 is 0 Å². The van der Waals surface area contributed by atoms with Gasteiger partial charge in [-0.3, -0.25) is 0 Å². The maximum atomic E-state index is 13.0. The van der Waals surface area contributed by atoms with E-state index >= 15 is 0 Å². The van der Waals surface area contributed by atoms with E-state index in [0.29, 0.717) is 15.9 Å². The van der Waals surface area contributed by atoms with E-state index in [1.165, 1.54) is 18.2 Å². The van der Waals surface area contributed by atoms with Crippen LogP contribution in [-0.4, -0.2) is 4.98 Å². The van der Waals surface area contributed by atoms with Crippen LogP contribution in [0.1, 0.15) is 0 Å². The van der Waals surface area contributed by atoms with Gasteiger partial charge in [0.1, 0.15) is 11.6 Å². The average molecular weight is 362 g/mol. The highest BCUT2D eigenvalue weighted by atomic mass is 79.9. The molecule has 2 aromatic rings. The molecular formula is C11H7Br2FN2O. The van der Waals surface area contributed by atoms with Gasteiger partial charge >= 0.3 is 0 Å². The van der Waals surface area contributed by atoms with Crippen molar-refractivity contribution in [2.75, 3.05) is 5.73 Å². The molecule has 0 spiro atoms. The fourth-order valence-corrected chi connectivity index (χ4v) is 1.89. The number of hydrogen-bond donors (Lipinski definition) is 1. The highest BCUT2D eigenvalue weighted by Crippen LogP contribution is 2.29. The van der Waals surface area contributed by atoms with Crippen LogP contribution in [-0.2, 0) is 0 Å². The quantitative estimate of drug-likeness (QED) is 0.875. The number of ether oxygens (including phenoxy) is 1. The smallest absolute Gasteiger partial charge is 0.242 e. The molecular weight excluding hydrogens is 355 g/mol. The van der Waals surface area contributed by atoms with E-state index in [1.807, 2.05) is 0 Å². The van der Waals surface area contributed by atoms with Crippen LogP contribution in [0.4, 0.5) is 10.1 Å². The fraction of sp³-hybridized carbons (Fsp3) is 0. The number of nitrogens with two attached hydrogens (primary N) is 1. The minimum atomic E-state index is -0.353. The lowest BCUT2D eigenvalue weighted by Crippen LogP contribution is -1.95. The van der Waals surface area contributed by atoms with Crippen molar-refractivity contribution in [1.29, 1.82) is 0 Å². The van der Waals surface area contributed by atoms with Gasteiger partial charge in [0.2, 0.25) is 5.88 Å². The lowest BCUT2D eigenvalue weighted by atomic mass is 10.3. The Hall–Kier alpha value is -1.14. The standard InChI is InChI=1S/C11H7Br2FN2O/c12-6-3-10(15)11(16-5-6)17-7-1-2-9(14)8(13)4-7/h1-5H,15H2. The molecule has 2 rings (SSSR count). The second-order valence-corrected chi connectivity index (χ2v) is 5.00. The van der Waals surface area contributed by atoms with Gasteiger partial charge in [0.05, 0.1) is 10.2 Å². The van der Waals surface area contributed by atoms with Gasteiger partial charge in [0.15, 0.2) is 0 Å². The van der Waals surface area contributed by atoms with E-state index in [2.05, 4.69) is 36.8 Å². The molecule has 0 atom stereocenters. The number of anilines is 1. The summed E-state index contributed by atoms with van der Waals surface area (Å²) in [4.78, 5) is 4.02. The van der Waals surface area contributed by atoms with Crippen molar-refractivity contribution in [1.82, 2.24) is 4.98 Å².